The molecule has 2 N–H and O–H groups in total. The van der Waals surface area contributed by atoms with Gasteiger partial charge in [0.1, 0.15) is 0 Å². The summed E-state index contributed by atoms with van der Waals surface area (Å²) in [6.07, 6.45) is 13.7. The van der Waals surface area contributed by atoms with Gasteiger partial charge >= 0.3 is 0 Å². The first-order chi connectivity index (χ1) is 15.3. The number of hydrogen-bond donors (Lipinski definition) is 2. The maximum Gasteiger partial charge on any atom is 0.247 e. The Labute approximate surface area is 194 Å². The molecule has 3 rings (SSSR count). The highest BCUT2D eigenvalue weighted by Crippen LogP contribution is 2.48. The average Bonchev–Trinajstić information content (AvgIpc) is 2.79. The topological polar surface area (TPSA) is 49.3 Å². The fraction of sp³-hybridized carbons (Fsp3) is 0.552. The molecule has 0 aromatic heterocycles. The van der Waals surface area contributed by atoms with Crippen LogP contribution >= 0.6 is 0 Å². The Morgan fingerprint density at radius 2 is 1.91 bits per heavy atom. The normalized spacial score (nSPS) is 33.7. The van der Waals surface area contributed by atoms with E-state index in [1.165, 1.54) is 0 Å². The second kappa shape index (κ2) is 11.1. The van der Waals surface area contributed by atoms with Gasteiger partial charge in [0, 0.05) is 5.57 Å². The molecule has 3 nitrogen and oxygen atoms in total. The van der Waals surface area contributed by atoms with E-state index in [1.807, 2.05) is 31.2 Å². The van der Waals surface area contributed by atoms with E-state index in [2.05, 4.69) is 69.4 Å². The Bertz CT molecular complexity index is 840. The molecule has 1 aromatic rings. The first-order valence-electron chi connectivity index (χ1n) is 12.4. The number of allylic oxidation sites excluding steroid dienone is 5. The largest absolute Gasteiger partial charge is 0.393 e. The lowest BCUT2D eigenvalue weighted by molar-refractivity contribution is -0.118. The van der Waals surface area contributed by atoms with Crippen molar-refractivity contribution in [3.63, 3.8) is 0 Å². The molecule has 0 saturated heterocycles. The number of rotatable bonds is 7. The summed E-state index contributed by atoms with van der Waals surface area (Å²) < 4.78 is 0. The average molecular weight is 436 g/mol. The van der Waals surface area contributed by atoms with E-state index < -0.39 is 0 Å². The summed E-state index contributed by atoms with van der Waals surface area (Å²) in [6, 6.07) is 10.2. The third kappa shape index (κ3) is 5.61. The minimum Gasteiger partial charge on any atom is -0.393 e. The molecule has 0 radical (unpaired) electrons. The standard InChI is InChI=1S/C29H41NO2/c1-6-11-26(23-13-8-7-9-14-23)30-29(32)20(3)12-10-15-25-19(2)16-17-24-18-21(4)28(31)22(5)27(24)25/h7-10,12-17,19,21-22,24-28,31H,6,11,18H2,1-5H3,(H,30,32)/t19-,21+,22-,24-,25-,26?,27-,28-/m0/s1. The zero-order chi connectivity index (χ0) is 23.3. The smallest absolute Gasteiger partial charge is 0.247 e. The number of aliphatic hydroxyl groups excluding tert-OH is 1. The quantitative estimate of drug-likeness (QED) is 0.303. The van der Waals surface area contributed by atoms with Gasteiger partial charge in [0.2, 0.25) is 5.91 Å². The Morgan fingerprint density at radius 3 is 2.59 bits per heavy atom. The monoisotopic (exact) mass is 435 g/mol. The molecule has 1 unspecified atom stereocenters. The maximum absolute atomic E-state index is 12.8. The van der Waals surface area contributed by atoms with Crippen LogP contribution < -0.4 is 5.32 Å². The predicted octanol–water partition coefficient (Wildman–Crippen LogP) is 6.24. The van der Waals surface area contributed by atoms with Gasteiger partial charge in [0.25, 0.3) is 0 Å². The molecular weight excluding hydrogens is 394 g/mol. The van der Waals surface area contributed by atoms with Crippen molar-refractivity contribution in [1.82, 2.24) is 5.32 Å². The summed E-state index contributed by atoms with van der Waals surface area (Å²) in [4.78, 5) is 12.8. The number of hydrogen-bond acceptors (Lipinski definition) is 2. The molecular formula is C29H41NO2. The summed E-state index contributed by atoms with van der Waals surface area (Å²) in [6.45, 7) is 10.7. The van der Waals surface area contributed by atoms with Crippen LogP contribution in [-0.4, -0.2) is 17.1 Å². The number of benzene rings is 1. The molecule has 8 atom stereocenters. The SMILES string of the molecule is CCCC(NC(=O)C(C)=CC=C[C@@H]1[C@H]2[C@H](C)[C@@H](O)[C@H](C)C[C@@H]2C=C[C@@H]1C)c1ccccc1. The van der Waals surface area contributed by atoms with Crippen LogP contribution in [0.3, 0.4) is 0 Å². The minimum absolute atomic E-state index is 0.0123. The van der Waals surface area contributed by atoms with E-state index >= 15 is 0 Å². The summed E-state index contributed by atoms with van der Waals surface area (Å²) in [5.74, 6) is 2.41. The highest BCUT2D eigenvalue weighted by Gasteiger charge is 2.44. The van der Waals surface area contributed by atoms with Crippen molar-refractivity contribution in [2.75, 3.05) is 0 Å². The second-order valence-corrected chi connectivity index (χ2v) is 10.1. The van der Waals surface area contributed by atoms with Crippen LogP contribution in [0, 0.1) is 35.5 Å². The Balaban J connectivity index is 1.69. The highest BCUT2D eigenvalue weighted by molar-refractivity contribution is 5.93. The molecule has 3 heteroatoms. The predicted molar refractivity (Wildman–Crippen MR) is 133 cm³/mol. The zero-order valence-electron chi connectivity index (χ0n) is 20.4. The van der Waals surface area contributed by atoms with Crippen LogP contribution in [0.5, 0.6) is 0 Å². The molecule has 1 fully saturated rings. The van der Waals surface area contributed by atoms with E-state index in [0.29, 0.717) is 29.6 Å². The lowest BCUT2D eigenvalue weighted by Crippen LogP contribution is -2.46. The molecule has 32 heavy (non-hydrogen) atoms. The maximum atomic E-state index is 12.8. The van der Waals surface area contributed by atoms with Crippen LogP contribution in [0.1, 0.15) is 65.5 Å². The van der Waals surface area contributed by atoms with Crippen molar-refractivity contribution < 1.29 is 9.90 Å². The fourth-order valence-corrected chi connectivity index (χ4v) is 5.78. The molecule has 0 heterocycles. The van der Waals surface area contributed by atoms with Gasteiger partial charge in [0.15, 0.2) is 0 Å². The fourth-order valence-electron chi connectivity index (χ4n) is 5.78. The van der Waals surface area contributed by atoms with Crippen molar-refractivity contribution in [2.24, 2.45) is 35.5 Å². The number of carbonyl (C=O) groups is 1. The van der Waals surface area contributed by atoms with E-state index in [0.717, 1.165) is 30.4 Å². The molecule has 174 valence electrons. The Kier molecular flexibility index (Phi) is 8.53. The third-order valence-corrected chi connectivity index (χ3v) is 7.70. The second-order valence-electron chi connectivity index (χ2n) is 10.1. The lowest BCUT2D eigenvalue weighted by atomic mass is 9.58. The van der Waals surface area contributed by atoms with Gasteiger partial charge in [-0.3, -0.25) is 4.79 Å². The highest BCUT2D eigenvalue weighted by atomic mass is 16.3. The molecule has 1 saturated carbocycles. The van der Waals surface area contributed by atoms with E-state index in [1.54, 1.807) is 0 Å². The lowest BCUT2D eigenvalue weighted by Gasteiger charge is -2.48. The number of amides is 1. The van der Waals surface area contributed by atoms with Crippen molar-refractivity contribution >= 4 is 5.91 Å². The van der Waals surface area contributed by atoms with Crippen molar-refractivity contribution in [3.05, 3.63) is 71.8 Å². The van der Waals surface area contributed by atoms with Crippen LogP contribution in [0.15, 0.2) is 66.3 Å². The molecule has 0 spiro atoms. The van der Waals surface area contributed by atoms with Gasteiger partial charge in [-0.2, -0.15) is 0 Å². The molecule has 0 aliphatic heterocycles. The summed E-state index contributed by atoms with van der Waals surface area (Å²) in [5, 5.41) is 13.9. The third-order valence-electron chi connectivity index (χ3n) is 7.70. The van der Waals surface area contributed by atoms with E-state index in [9.17, 15) is 9.90 Å². The van der Waals surface area contributed by atoms with Crippen LogP contribution in [0.25, 0.3) is 0 Å². The van der Waals surface area contributed by atoms with Crippen molar-refractivity contribution in [3.8, 4) is 0 Å². The molecule has 2 aliphatic carbocycles. The van der Waals surface area contributed by atoms with Crippen LogP contribution in [-0.2, 0) is 4.79 Å². The van der Waals surface area contributed by atoms with E-state index in [4.69, 9.17) is 0 Å². The van der Waals surface area contributed by atoms with Gasteiger partial charge in [-0.25, -0.2) is 0 Å². The molecule has 0 bridgehead atoms. The van der Waals surface area contributed by atoms with Gasteiger partial charge < -0.3 is 10.4 Å². The first kappa shape index (κ1) is 24.5. The summed E-state index contributed by atoms with van der Waals surface area (Å²) in [5.41, 5.74) is 1.87. The van der Waals surface area contributed by atoms with Gasteiger partial charge in [-0.15, -0.1) is 0 Å². The molecule has 2 aliphatic rings. The summed E-state index contributed by atoms with van der Waals surface area (Å²) >= 11 is 0. The number of carbonyl (C=O) groups excluding carboxylic acids is 1. The minimum atomic E-state index is -0.234. The molecule has 1 aromatic carbocycles. The Morgan fingerprint density at radius 1 is 1.19 bits per heavy atom. The first-order valence-corrected chi connectivity index (χ1v) is 12.4. The van der Waals surface area contributed by atoms with E-state index in [-0.39, 0.29) is 24.0 Å². The van der Waals surface area contributed by atoms with Gasteiger partial charge in [-0.1, -0.05) is 94.8 Å². The van der Waals surface area contributed by atoms with Gasteiger partial charge in [0.05, 0.1) is 12.1 Å². The number of nitrogens with one attached hydrogen (secondary N) is 1. The van der Waals surface area contributed by atoms with Crippen LogP contribution in [0.2, 0.25) is 0 Å². The zero-order valence-corrected chi connectivity index (χ0v) is 20.4. The summed E-state index contributed by atoms with van der Waals surface area (Å²) in [7, 11) is 0. The number of fused-ring (bicyclic) bond motifs is 1. The Hall–Kier alpha value is -2.13. The van der Waals surface area contributed by atoms with Crippen LogP contribution in [0.4, 0.5) is 0 Å². The van der Waals surface area contributed by atoms with Crippen molar-refractivity contribution in [1.29, 1.82) is 0 Å². The van der Waals surface area contributed by atoms with Crippen molar-refractivity contribution in [2.45, 2.75) is 66.0 Å². The van der Waals surface area contributed by atoms with Gasteiger partial charge in [-0.05, 0) is 60.8 Å². The molecule has 1 amide bonds. The number of aliphatic hydroxyl groups is 1.